The van der Waals surface area contributed by atoms with Gasteiger partial charge in [-0.3, -0.25) is 4.79 Å². The molecule has 19 heavy (non-hydrogen) atoms. The van der Waals surface area contributed by atoms with Crippen LogP contribution in [0.1, 0.15) is 46.0 Å². The van der Waals surface area contributed by atoms with E-state index < -0.39 is 5.97 Å². The van der Waals surface area contributed by atoms with Crippen molar-refractivity contribution >= 4 is 12.0 Å². The van der Waals surface area contributed by atoms with Crippen LogP contribution in [0, 0.1) is 5.92 Å². The summed E-state index contributed by atoms with van der Waals surface area (Å²) < 4.78 is 0. The summed E-state index contributed by atoms with van der Waals surface area (Å²) in [6, 6.07) is 0.135. The summed E-state index contributed by atoms with van der Waals surface area (Å²) in [5.74, 6) is -0.343. The van der Waals surface area contributed by atoms with Gasteiger partial charge in [0.1, 0.15) is 0 Å². The van der Waals surface area contributed by atoms with Gasteiger partial charge in [0.2, 0.25) is 0 Å². The van der Waals surface area contributed by atoms with E-state index in [2.05, 4.69) is 13.8 Å². The van der Waals surface area contributed by atoms with Crippen molar-refractivity contribution in [2.75, 3.05) is 20.1 Å². The van der Waals surface area contributed by atoms with Gasteiger partial charge in [-0.1, -0.05) is 13.8 Å². The maximum atomic E-state index is 12.4. The molecule has 0 spiro atoms. The van der Waals surface area contributed by atoms with Crippen LogP contribution >= 0.6 is 0 Å². The number of carbonyl (C=O) groups excluding carboxylic acids is 1. The van der Waals surface area contributed by atoms with E-state index in [0.717, 1.165) is 32.4 Å². The second-order valence-corrected chi connectivity index (χ2v) is 5.83. The lowest BCUT2D eigenvalue weighted by Crippen LogP contribution is -2.50. The van der Waals surface area contributed by atoms with E-state index in [-0.39, 0.29) is 18.5 Å². The Balaban J connectivity index is 2.59. The third-order valence-corrected chi connectivity index (χ3v) is 3.53. The molecule has 5 nitrogen and oxygen atoms in total. The normalized spacial score (nSPS) is 19.6. The summed E-state index contributed by atoms with van der Waals surface area (Å²) in [5, 5.41) is 8.78. The van der Waals surface area contributed by atoms with Crippen molar-refractivity contribution in [3.63, 3.8) is 0 Å². The molecule has 0 aromatic carbocycles. The third kappa shape index (κ3) is 5.09. The Kier molecular flexibility index (Phi) is 6.12. The predicted molar refractivity (Wildman–Crippen MR) is 74.1 cm³/mol. The first-order valence-corrected chi connectivity index (χ1v) is 7.15. The summed E-state index contributed by atoms with van der Waals surface area (Å²) in [4.78, 5) is 26.7. The lowest BCUT2D eigenvalue weighted by molar-refractivity contribution is -0.137. The average Bonchev–Trinajstić information content (AvgIpc) is 2.35. The van der Waals surface area contributed by atoms with Crippen LogP contribution in [0.25, 0.3) is 0 Å². The Hall–Kier alpha value is -1.26. The highest BCUT2D eigenvalue weighted by atomic mass is 16.4. The largest absolute Gasteiger partial charge is 0.481 e. The molecule has 1 heterocycles. The van der Waals surface area contributed by atoms with E-state index in [1.807, 2.05) is 11.9 Å². The van der Waals surface area contributed by atoms with Gasteiger partial charge >= 0.3 is 12.0 Å². The lowest BCUT2D eigenvalue weighted by atomic mass is 9.98. The molecule has 1 rings (SSSR count). The molecule has 5 heteroatoms. The molecule has 2 amide bonds. The topological polar surface area (TPSA) is 60.9 Å². The fourth-order valence-corrected chi connectivity index (χ4v) is 2.69. The third-order valence-electron chi connectivity index (χ3n) is 3.53. The first-order valence-electron chi connectivity index (χ1n) is 7.15. The molecule has 0 aliphatic carbocycles. The van der Waals surface area contributed by atoms with Gasteiger partial charge < -0.3 is 14.9 Å². The number of likely N-dealkylation sites (tertiary alicyclic amines) is 1. The Morgan fingerprint density at radius 3 is 2.63 bits per heavy atom. The van der Waals surface area contributed by atoms with Crippen LogP contribution in [-0.2, 0) is 4.79 Å². The first kappa shape index (κ1) is 15.8. The summed E-state index contributed by atoms with van der Waals surface area (Å²) in [6.45, 7) is 5.66. The number of hydrogen-bond acceptors (Lipinski definition) is 2. The molecule has 1 fully saturated rings. The maximum absolute atomic E-state index is 12.4. The van der Waals surface area contributed by atoms with Gasteiger partial charge in [-0.15, -0.1) is 0 Å². The molecule has 0 aromatic heterocycles. The standard InChI is InChI=1S/C14H26N2O3/c1-11(2)10-15(3)14(19)16-9-5-4-6-12(16)7-8-13(17)18/h11-12H,4-10H2,1-3H3,(H,17,18). The molecule has 0 aromatic rings. The number of nitrogens with zero attached hydrogens (tertiary/aromatic N) is 2. The van der Waals surface area contributed by atoms with Crippen LogP contribution in [0.5, 0.6) is 0 Å². The molecule has 1 atom stereocenters. The lowest BCUT2D eigenvalue weighted by Gasteiger charge is -2.38. The van der Waals surface area contributed by atoms with Gasteiger partial charge in [-0.25, -0.2) is 4.79 Å². The number of carboxylic acids is 1. The van der Waals surface area contributed by atoms with Crippen LogP contribution in [0.15, 0.2) is 0 Å². The van der Waals surface area contributed by atoms with Crippen LogP contribution in [0.4, 0.5) is 4.79 Å². The van der Waals surface area contributed by atoms with E-state index in [9.17, 15) is 9.59 Å². The molecule has 1 N–H and O–H groups in total. The van der Waals surface area contributed by atoms with Gasteiger partial charge in [-0.2, -0.15) is 0 Å². The zero-order valence-corrected chi connectivity index (χ0v) is 12.3. The number of carboxylic acid groups (broad SMARTS) is 1. The van der Waals surface area contributed by atoms with E-state index in [0.29, 0.717) is 12.3 Å². The molecule has 0 saturated carbocycles. The van der Waals surface area contributed by atoms with E-state index in [4.69, 9.17) is 5.11 Å². The number of piperidine rings is 1. The SMILES string of the molecule is CC(C)CN(C)C(=O)N1CCCCC1CCC(=O)O. The number of rotatable bonds is 5. The zero-order valence-electron chi connectivity index (χ0n) is 12.3. The van der Waals surface area contributed by atoms with Gasteiger partial charge in [0, 0.05) is 32.6 Å². The summed E-state index contributed by atoms with van der Waals surface area (Å²) in [5.41, 5.74) is 0. The summed E-state index contributed by atoms with van der Waals surface area (Å²) in [6.07, 6.45) is 3.74. The zero-order chi connectivity index (χ0) is 14.4. The second kappa shape index (κ2) is 7.36. The molecular weight excluding hydrogens is 244 g/mol. The highest BCUT2D eigenvalue weighted by Gasteiger charge is 2.28. The van der Waals surface area contributed by atoms with Crippen LogP contribution in [0.2, 0.25) is 0 Å². The summed E-state index contributed by atoms with van der Waals surface area (Å²) in [7, 11) is 1.82. The highest BCUT2D eigenvalue weighted by Crippen LogP contribution is 2.22. The average molecular weight is 270 g/mol. The van der Waals surface area contributed by atoms with Gasteiger partial charge in [-0.05, 0) is 31.6 Å². The van der Waals surface area contributed by atoms with E-state index >= 15 is 0 Å². The number of hydrogen-bond donors (Lipinski definition) is 1. The predicted octanol–water partition coefficient (Wildman–Crippen LogP) is 2.41. The Bertz CT molecular complexity index is 318. The molecule has 1 saturated heterocycles. The fraction of sp³-hybridized carbons (Fsp3) is 0.857. The molecule has 110 valence electrons. The minimum atomic E-state index is -0.784. The van der Waals surface area contributed by atoms with Crippen molar-refractivity contribution in [2.24, 2.45) is 5.92 Å². The molecule has 0 radical (unpaired) electrons. The number of amides is 2. The van der Waals surface area contributed by atoms with E-state index in [1.165, 1.54) is 0 Å². The van der Waals surface area contributed by atoms with Crippen molar-refractivity contribution < 1.29 is 14.7 Å². The van der Waals surface area contributed by atoms with Gasteiger partial charge in [0.25, 0.3) is 0 Å². The van der Waals surface area contributed by atoms with Crippen LogP contribution in [-0.4, -0.2) is 53.1 Å². The minimum absolute atomic E-state index is 0.0452. The molecular formula is C14H26N2O3. The Morgan fingerprint density at radius 2 is 2.05 bits per heavy atom. The minimum Gasteiger partial charge on any atom is -0.481 e. The first-order chi connectivity index (χ1) is 8.91. The van der Waals surface area contributed by atoms with Crippen molar-refractivity contribution in [1.29, 1.82) is 0 Å². The number of aliphatic carboxylic acids is 1. The smallest absolute Gasteiger partial charge is 0.319 e. The Morgan fingerprint density at radius 1 is 1.37 bits per heavy atom. The van der Waals surface area contributed by atoms with Crippen molar-refractivity contribution in [3.05, 3.63) is 0 Å². The molecule has 1 aliphatic heterocycles. The molecule has 1 unspecified atom stereocenters. The molecule has 1 aliphatic rings. The highest BCUT2D eigenvalue weighted by molar-refractivity contribution is 5.74. The maximum Gasteiger partial charge on any atom is 0.319 e. The summed E-state index contributed by atoms with van der Waals surface area (Å²) >= 11 is 0. The van der Waals surface area contributed by atoms with Crippen molar-refractivity contribution in [2.45, 2.75) is 52.0 Å². The van der Waals surface area contributed by atoms with E-state index in [1.54, 1.807) is 4.90 Å². The van der Waals surface area contributed by atoms with Crippen molar-refractivity contribution in [3.8, 4) is 0 Å². The van der Waals surface area contributed by atoms with Crippen LogP contribution < -0.4 is 0 Å². The number of carbonyl (C=O) groups is 2. The van der Waals surface area contributed by atoms with Crippen molar-refractivity contribution in [1.82, 2.24) is 9.80 Å². The molecule has 0 bridgehead atoms. The number of urea groups is 1. The Labute approximate surface area is 115 Å². The van der Waals surface area contributed by atoms with Gasteiger partial charge in [0.15, 0.2) is 0 Å². The fourth-order valence-electron chi connectivity index (χ4n) is 2.69. The monoisotopic (exact) mass is 270 g/mol. The van der Waals surface area contributed by atoms with Gasteiger partial charge in [0.05, 0.1) is 0 Å². The second-order valence-electron chi connectivity index (χ2n) is 5.83. The quantitative estimate of drug-likeness (QED) is 0.834. The van der Waals surface area contributed by atoms with Crippen LogP contribution in [0.3, 0.4) is 0 Å².